The molecule has 1 aromatic rings. The van der Waals surface area contributed by atoms with Crippen LogP contribution in [0.15, 0.2) is 18.3 Å². The number of rotatable bonds is 4. The van der Waals surface area contributed by atoms with Crippen molar-refractivity contribution in [3.8, 4) is 5.88 Å². The molecular weight excluding hydrogens is 260 g/mol. The van der Waals surface area contributed by atoms with Gasteiger partial charge in [-0.05, 0) is 19.1 Å². The average Bonchev–Trinajstić information content (AvgIpc) is 2.73. The number of hydrogen-bond acceptors (Lipinski definition) is 5. The van der Waals surface area contributed by atoms with Gasteiger partial charge >= 0.3 is 0 Å². The summed E-state index contributed by atoms with van der Waals surface area (Å²) < 4.78 is 10.8. The van der Waals surface area contributed by atoms with Gasteiger partial charge in [-0.2, -0.15) is 0 Å². The van der Waals surface area contributed by atoms with E-state index < -0.39 is 0 Å². The van der Waals surface area contributed by atoms with Crippen LogP contribution in [-0.4, -0.2) is 60.4 Å². The summed E-state index contributed by atoms with van der Waals surface area (Å²) in [6.45, 7) is 4.27. The highest BCUT2D eigenvalue weighted by atomic mass is 16.5. The summed E-state index contributed by atoms with van der Waals surface area (Å²) in [7, 11) is 0. The van der Waals surface area contributed by atoms with Gasteiger partial charge in [0.2, 0.25) is 5.88 Å². The van der Waals surface area contributed by atoms with E-state index in [1.54, 1.807) is 23.2 Å². The molecule has 1 unspecified atom stereocenters. The Balaban J connectivity index is 2.17. The number of aliphatic hydroxyl groups is 1. The standard InChI is InChI=1S/C14H20N2O4/c1-2-20-13-12(4-3-5-15-13)14(18)16-6-7-19-10-11(8-16)9-17/h3-5,11,17H,2,6-10H2,1H3. The SMILES string of the molecule is CCOc1ncccc1C(=O)N1CCOCC(CO)C1. The summed E-state index contributed by atoms with van der Waals surface area (Å²) in [6.07, 6.45) is 1.60. The van der Waals surface area contributed by atoms with Crippen LogP contribution in [0.25, 0.3) is 0 Å². The Kier molecular flexibility index (Phi) is 5.31. The first-order valence-corrected chi connectivity index (χ1v) is 6.82. The van der Waals surface area contributed by atoms with Gasteiger partial charge in [0.15, 0.2) is 0 Å². The fourth-order valence-electron chi connectivity index (χ4n) is 2.15. The minimum Gasteiger partial charge on any atom is -0.477 e. The predicted molar refractivity (Wildman–Crippen MR) is 72.7 cm³/mol. The molecule has 0 saturated carbocycles. The van der Waals surface area contributed by atoms with Gasteiger partial charge in [0.25, 0.3) is 5.91 Å². The van der Waals surface area contributed by atoms with Crippen LogP contribution in [0, 0.1) is 5.92 Å². The number of carbonyl (C=O) groups excluding carboxylic acids is 1. The number of hydrogen-bond donors (Lipinski definition) is 1. The van der Waals surface area contributed by atoms with Gasteiger partial charge < -0.3 is 19.5 Å². The molecular formula is C14H20N2O4. The quantitative estimate of drug-likeness (QED) is 0.872. The van der Waals surface area contributed by atoms with E-state index in [1.165, 1.54) is 0 Å². The number of pyridine rings is 1. The summed E-state index contributed by atoms with van der Waals surface area (Å²) in [5.41, 5.74) is 0.452. The molecule has 1 N–H and O–H groups in total. The summed E-state index contributed by atoms with van der Waals surface area (Å²) in [4.78, 5) is 18.4. The molecule has 0 bridgehead atoms. The monoisotopic (exact) mass is 280 g/mol. The zero-order valence-corrected chi connectivity index (χ0v) is 11.6. The number of amides is 1. The van der Waals surface area contributed by atoms with Gasteiger partial charge in [0.05, 0.1) is 19.8 Å². The first kappa shape index (κ1) is 14.7. The second-order valence-electron chi connectivity index (χ2n) is 4.66. The number of ether oxygens (including phenoxy) is 2. The lowest BCUT2D eigenvalue weighted by atomic mass is 10.1. The van der Waals surface area contributed by atoms with Crippen molar-refractivity contribution in [2.24, 2.45) is 5.92 Å². The van der Waals surface area contributed by atoms with Gasteiger partial charge in [0.1, 0.15) is 5.56 Å². The third kappa shape index (κ3) is 3.46. The fourth-order valence-corrected chi connectivity index (χ4v) is 2.15. The molecule has 1 aliphatic rings. The van der Waals surface area contributed by atoms with Gasteiger partial charge in [-0.3, -0.25) is 4.79 Å². The van der Waals surface area contributed by atoms with E-state index in [9.17, 15) is 9.90 Å². The lowest BCUT2D eigenvalue weighted by Crippen LogP contribution is -2.37. The smallest absolute Gasteiger partial charge is 0.259 e. The third-order valence-corrected chi connectivity index (χ3v) is 3.17. The van der Waals surface area contributed by atoms with Crippen molar-refractivity contribution >= 4 is 5.91 Å². The van der Waals surface area contributed by atoms with Crippen LogP contribution in [0.2, 0.25) is 0 Å². The number of carbonyl (C=O) groups is 1. The molecule has 110 valence electrons. The van der Waals surface area contributed by atoms with E-state index in [4.69, 9.17) is 9.47 Å². The lowest BCUT2D eigenvalue weighted by Gasteiger charge is -2.23. The predicted octanol–water partition coefficient (Wildman–Crippen LogP) is 0.561. The van der Waals surface area contributed by atoms with Crippen LogP contribution in [0.3, 0.4) is 0 Å². The van der Waals surface area contributed by atoms with Crippen LogP contribution in [-0.2, 0) is 4.74 Å². The Morgan fingerprint density at radius 1 is 1.65 bits per heavy atom. The highest BCUT2D eigenvalue weighted by Gasteiger charge is 2.25. The molecule has 1 aromatic heterocycles. The Labute approximate surface area is 118 Å². The van der Waals surface area contributed by atoms with Crippen molar-refractivity contribution in [1.82, 2.24) is 9.88 Å². The number of aromatic nitrogens is 1. The van der Waals surface area contributed by atoms with E-state index in [0.717, 1.165) is 0 Å². The summed E-state index contributed by atoms with van der Waals surface area (Å²) in [6, 6.07) is 3.42. The summed E-state index contributed by atoms with van der Waals surface area (Å²) in [5, 5.41) is 9.27. The minimum atomic E-state index is -0.134. The molecule has 2 heterocycles. The van der Waals surface area contributed by atoms with Gasteiger partial charge in [0, 0.05) is 31.8 Å². The second-order valence-corrected chi connectivity index (χ2v) is 4.66. The van der Waals surface area contributed by atoms with Gasteiger partial charge in [-0.25, -0.2) is 4.98 Å². The molecule has 6 heteroatoms. The molecule has 20 heavy (non-hydrogen) atoms. The molecule has 2 rings (SSSR count). The molecule has 0 aromatic carbocycles. The van der Waals surface area contributed by atoms with Crippen LogP contribution >= 0.6 is 0 Å². The maximum atomic E-state index is 12.6. The van der Waals surface area contributed by atoms with Crippen LogP contribution in [0.1, 0.15) is 17.3 Å². The molecule has 6 nitrogen and oxygen atoms in total. The van der Waals surface area contributed by atoms with Crippen molar-refractivity contribution in [1.29, 1.82) is 0 Å². The Bertz CT molecular complexity index is 453. The summed E-state index contributed by atoms with van der Waals surface area (Å²) in [5.74, 6) is 0.171. The maximum Gasteiger partial charge on any atom is 0.259 e. The van der Waals surface area contributed by atoms with Crippen molar-refractivity contribution < 1.29 is 19.4 Å². The Morgan fingerprint density at radius 3 is 3.25 bits per heavy atom. The molecule has 1 aliphatic heterocycles. The molecule has 0 radical (unpaired) electrons. The molecule has 1 atom stereocenters. The first-order chi connectivity index (χ1) is 9.76. The van der Waals surface area contributed by atoms with Gasteiger partial charge in [-0.15, -0.1) is 0 Å². The van der Waals surface area contributed by atoms with Crippen molar-refractivity contribution in [2.75, 3.05) is 39.5 Å². The number of aliphatic hydroxyl groups excluding tert-OH is 1. The fraction of sp³-hybridized carbons (Fsp3) is 0.571. The highest BCUT2D eigenvalue weighted by molar-refractivity contribution is 5.96. The van der Waals surface area contributed by atoms with E-state index in [-0.39, 0.29) is 18.4 Å². The Morgan fingerprint density at radius 2 is 2.50 bits per heavy atom. The first-order valence-electron chi connectivity index (χ1n) is 6.82. The highest BCUT2D eigenvalue weighted by Crippen LogP contribution is 2.18. The molecule has 1 saturated heterocycles. The van der Waals surface area contributed by atoms with Crippen LogP contribution in [0.4, 0.5) is 0 Å². The van der Waals surface area contributed by atoms with Gasteiger partial charge in [-0.1, -0.05) is 0 Å². The second kappa shape index (κ2) is 7.21. The Hall–Kier alpha value is -1.66. The van der Waals surface area contributed by atoms with E-state index in [1.807, 2.05) is 6.92 Å². The third-order valence-electron chi connectivity index (χ3n) is 3.17. The van der Waals surface area contributed by atoms with Crippen molar-refractivity contribution in [3.05, 3.63) is 23.9 Å². The van der Waals surface area contributed by atoms with E-state index in [0.29, 0.717) is 44.4 Å². The topological polar surface area (TPSA) is 71.9 Å². The zero-order valence-electron chi connectivity index (χ0n) is 11.6. The van der Waals surface area contributed by atoms with Crippen LogP contribution < -0.4 is 4.74 Å². The molecule has 1 amide bonds. The van der Waals surface area contributed by atoms with Crippen molar-refractivity contribution in [3.63, 3.8) is 0 Å². The normalized spacial score (nSPS) is 19.5. The number of nitrogens with zero attached hydrogens (tertiary/aromatic N) is 2. The zero-order chi connectivity index (χ0) is 14.4. The van der Waals surface area contributed by atoms with Crippen molar-refractivity contribution in [2.45, 2.75) is 6.92 Å². The largest absolute Gasteiger partial charge is 0.477 e. The van der Waals surface area contributed by atoms with E-state index >= 15 is 0 Å². The maximum absolute atomic E-state index is 12.6. The average molecular weight is 280 g/mol. The summed E-state index contributed by atoms with van der Waals surface area (Å²) >= 11 is 0. The molecule has 1 fully saturated rings. The molecule has 0 aliphatic carbocycles. The minimum absolute atomic E-state index is 0.00906. The molecule has 0 spiro atoms. The van der Waals surface area contributed by atoms with E-state index in [2.05, 4.69) is 4.98 Å². The van der Waals surface area contributed by atoms with Crippen LogP contribution in [0.5, 0.6) is 5.88 Å². The lowest BCUT2D eigenvalue weighted by molar-refractivity contribution is 0.0723.